The topological polar surface area (TPSA) is 99.6 Å². The second-order valence-electron chi connectivity index (χ2n) is 4.12. The van der Waals surface area contributed by atoms with Crippen LogP contribution in [0, 0.1) is 0 Å². The highest BCUT2D eigenvalue weighted by atomic mass is 16.5. The summed E-state index contributed by atoms with van der Waals surface area (Å²) in [6.07, 6.45) is 2.29. The van der Waals surface area contributed by atoms with Gasteiger partial charge in [-0.3, -0.25) is 0 Å². The normalized spacial score (nSPS) is 10.8. The number of para-hydroxylation sites is 1. The van der Waals surface area contributed by atoms with Gasteiger partial charge >= 0.3 is 0 Å². The zero-order chi connectivity index (χ0) is 15.2. The van der Waals surface area contributed by atoms with Gasteiger partial charge in [0.2, 0.25) is 0 Å². The van der Waals surface area contributed by atoms with Crippen LogP contribution < -0.4 is 20.7 Å². The number of hydrogen-bond acceptors (Lipinski definition) is 7. The van der Waals surface area contributed by atoms with Crippen molar-refractivity contribution in [1.82, 2.24) is 14.9 Å². The highest BCUT2D eigenvalue weighted by Gasteiger charge is 2.08. The van der Waals surface area contributed by atoms with Crippen LogP contribution in [0.2, 0.25) is 0 Å². The first-order chi connectivity index (χ1) is 10.2. The molecule has 1 aromatic carbocycles. The predicted molar refractivity (Wildman–Crippen MR) is 80.3 cm³/mol. The summed E-state index contributed by atoms with van der Waals surface area (Å²) in [5, 5.41) is 11.9. The lowest BCUT2D eigenvalue weighted by molar-refractivity contribution is 0.354. The summed E-state index contributed by atoms with van der Waals surface area (Å²) < 4.78 is 11.9. The van der Waals surface area contributed by atoms with Gasteiger partial charge in [0.05, 0.1) is 20.4 Å². The average molecular weight is 290 g/mol. The van der Waals surface area contributed by atoms with Crippen LogP contribution in [0.15, 0.2) is 23.3 Å². The highest BCUT2D eigenvalue weighted by molar-refractivity contribution is 5.85. The number of nitrogen functional groups attached to an aromatic ring is 1. The van der Waals surface area contributed by atoms with Crippen molar-refractivity contribution >= 4 is 12.2 Å². The minimum absolute atomic E-state index is 0.366. The molecular formula is C13H18N6O2. The van der Waals surface area contributed by atoms with Gasteiger partial charge < -0.3 is 15.3 Å². The van der Waals surface area contributed by atoms with Gasteiger partial charge in [-0.15, -0.1) is 10.2 Å². The number of benzene rings is 1. The third-order valence-corrected chi connectivity index (χ3v) is 2.88. The number of aryl methyl sites for hydroxylation is 1. The minimum atomic E-state index is 0.366. The van der Waals surface area contributed by atoms with Gasteiger partial charge in [0, 0.05) is 12.0 Å². The molecule has 112 valence electrons. The second kappa shape index (κ2) is 6.60. The van der Waals surface area contributed by atoms with Crippen LogP contribution in [-0.2, 0) is 6.42 Å². The van der Waals surface area contributed by atoms with Crippen molar-refractivity contribution in [2.75, 3.05) is 25.5 Å². The first-order valence-electron chi connectivity index (χ1n) is 6.40. The Morgan fingerprint density at radius 3 is 2.76 bits per heavy atom. The Kier molecular flexibility index (Phi) is 4.60. The quantitative estimate of drug-likeness (QED) is 0.468. The van der Waals surface area contributed by atoms with Gasteiger partial charge in [0.1, 0.15) is 0 Å². The van der Waals surface area contributed by atoms with E-state index in [9.17, 15) is 0 Å². The summed E-state index contributed by atoms with van der Waals surface area (Å²) >= 11 is 0. The first-order valence-corrected chi connectivity index (χ1v) is 6.40. The van der Waals surface area contributed by atoms with Crippen molar-refractivity contribution in [2.45, 2.75) is 13.3 Å². The highest BCUT2D eigenvalue weighted by Crippen LogP contribution is 2.29. The fraction of sp³-hybridized carbons (Fsp3) is 0.308. The SMILES string of the molecule is CCc1nnc(N/N=C\c2cccc(OC)c2OC)n1N. The van der Waals surface area contributed by atoms with Crippen LogP contribution >= 0.6 is 0 Å². The number of hydrogen-bond donors (Lipinski definition) is 2. The monoisotopic (exact) mass is 290 g/mol. The summed E-state index contributed by atoms with van der Waals surface area (Å²) in [5.41, 5.74) is 3.51. The van der Waals surface area contributed by atoms with Crippen LogP contribution in [0.5, 0.6) is 11.5 Å². The standard InChI is InChI=1S/C13H18N6O2/c1-4-11-16-18-13(19(11)14)17-15-8-9-6-5-7-10(20-2)12(9)21-3/h5-8H,4,14H2,1-3H3,(H,17,18)/b15-8-. The molecule has 21 heavy (non-hydrogen) atoms. The lowest BCUT2D eigenvalue weighted by Crippen LogP contribution is -2.14. The van der Waals surface area contributed by atoms with Gasteiger partial charge in [-0.2, -0.15) is 5.10 Å². The number of methoxy groups -OCH3 is 2. The zero-order valence-corrected chi connectivity index (χ0v) is 12.2. The molecular weight excluding hydrogens is 272 g/mol. The van der Waals surface area contributed by atoms with Crippen molar-refractivity contribution in [3.63, 3.8) is 0 Å². The third-order valence-electron chi connectivity index (χ3n) is 2.88. The molecule has 0 bridgehead atoms. The summed E-state index contributed by atoms with van der Waals surface area (Å²) in [4.78, 5) is 0. The molecule has 1 heterocycles. The van der Waals surface area contributed by atoms with Gasteiger partial charge in [0.25, 0.3) is 5.95 Å². The predicted octanol–water partition coefficient (Wildman–Crippen LogP) is 1.02. The van der Waals surface area contributed by atoms with Gasteiger partial charge in [-0.25, -0.2) is 10.1 Å². The summed E-state index contributed by atoms with van der Waals surface area (Å²) in [7, 11) is 3.16. The molecule has 0 aliphatic carbocycles. The molecule has 0 radical (unpaired) electrons. The molecule has 2 aromatic rings. The van der Waals surface area contributed by atoms with E-state index in [1.54, 1.807) is 20.4 Å². The molecule has 3 N–H and O–H groups in total. The molecule has 8 nitrogen and oxygen atoms in total. The molecule has 2 rings (SSSR count). The smallest absolute Gasteiger partial charge is 0.263 e. The number of rotatable bonds is 6. The number of hydrazone groups is 1. The zero-order valence-electron chi connectivity index (χ0n) is 12.2. The Hall–Kier alpha value is -2.77. The van der Waals surface area contributed by atoms with E-state index < -0.39 is 0 Å². The molecule has 0 amide bonds. The largest absolute Gasteiger partial charge is 0.493 e. The molecule has 0 aliphatic heterocycles. The molecule has 0 unspecified atom stereocenters. The van der Waals surface area contributed by atoms with E-state index in [1.807, 2.05) is 25.1 Å². The fourth-order valence-electron chi connectivity index (χ4n) is 1.81. The molecule has 0 saturated heterocycles. The number of anilines is 1. The van der Waals surface area contributed by atoms with Crippen LogP contribution in [-0.4, -0.2) is 35.3 Å². The Balaban J connectivity index is 2.16. The molecule has 0 atom stereocenters. The average Bonchev–Trinajstić information content (AvgIpc) is 2.87. The van der Waals surface area contributed by atoms with Crippen molar-refractivity contribution in [1.29, 1.82) is 0 Å². The number of ether oxygens (including phenoxy) is 2. The van der Waals surface area contributed by atoms with Gasteiger partial charge in [-0.05, 0) is 12.1 Å². The lowest BCUT2D eigenvalue weighted by atomic mass is 10.2. The number of aromatic nitrogens is 3. The first kappa shape index (κ1) is 14.6. The maximum atomic E-state index is 5.81. The lowest BCUT2D eigenvalue weighted by Gasteiger charge is -2.09. The summed E-state index contributed by atoms with van der Waals surface area (Å²) in [6, 6.07) is 5.52. The van der Waals surface area contributed by atoms with E-state index in [1.165, 1.54) is 4.68 Å². The Morgan fingerprint density at radius 2 is 2.14 bits per heavy atom. The van der Waals surface area contributed by atoms with Crippen LogP contribution in [0.25, 0.3) is 0 Å². The van der Waals surface area contributed by atoms with Crippen LogP contribution in [0.3, 0.4) is 0 Å². The molecule has 0 fully saturated rings. The van der Waals surface area contributed by atoms with Gasteiger partial charge in [0.15, 0.2) is 17.3 Å². The van der Waals surface area contributed by atoms with Crippen molar-refractivity contribution in [2.24, 2.45) is 5.10 Å². The van der Waals surface area contributed by atoms with E-state index in [2.05, 4.69) is 20.7 Å². The fourth-order valence-corrected chi connectivity index (χ4v) is 1.81. The van der Waals surface area contributed by atoms with Crippen molar-refractivity contribution < 1.29 is 9.47 Å². The molecule has 0 aliphatic rings. The number of nitrogens with zero attached hydrogens (tertiary/aromatic N) is 4. The van der Waals surface area contributed by atoms with E-state index in [-0.39, 0.29) is 0 Å². The molecule has 0 spiro atoms. The minimum Gasteiger partial charge on any atom is -0.493 e. The Labute approximate surface area is 122 Å². The molecule has 0 saturated carbocycles. The van der Waals surface area contributed by atoms with Crippen molar-refractivity contribution in [3.05, 3.63) is 29.6 Å². The molecule has 1 aromatic heterocycles. The van der Waals surface area contributed by atoms with E-state index in [4.69, 9.17) is 15.3 Å². The Morgan fingerprint density at radius 1 is 1.33 bits per heavy atom. The maximum Gasteiger partial charge on any atom is 0.263 e. The van der Waals surface area contributed by atoms with Gasteiger partial charge in [-0.1, -0.05) is 13.0 Å². The van der Waals surface area contributed by atoms with E-state index in [0.717, 1.165) is 5.56 Å². The Bertz CT molecular complexity index is 638. The van der Waals surface area contributed by atoms with Crippen molar-refractivity contribution in [3.8, 4) is 11.5 Å². The van der Waals surface area contributed by atoms with E-state index >= 15 is 0 Å². The maximum absolute atomic E-state index is 5.81. The molecule has 8 heteroatoms. The second-order valence-corrected chi connectivity index (χ2v) is 4.12. The van der Waals surface area contributed by atoms with Crippen LogP contribution in [0.4, 0.5) is 5.95 Å². The number of nitrogens with one attached hydrogen (secondary N) is 1. The number of nitrogens with two attached hydrogens (primary N) is 1. The van der Waals surface area contributed by atoms with Crippen LogP contribution in [0.1, 0.15) is 18.3 Å². The van der Waals surface area contributed by atoms with E-state index in [0.29, 0.717) is 29.7 Å². The third kappa shape index (κ3) is 3.04. The summed E-state index contributed by atoms with van der Waals surface area (Å²) in [6.45, 7) is 1.95. The summed E-state index contributed by atoms with van der Waals surface area (Å²) in [5.74, 6) is 8.09.